The molecule has 0 aliphatic heterocycles. The van der Waals surface area contributed by atoms with Crippen molar-refractivity contribution in [1.29, 1.82) is 5.26 Å². The van der Waals surface area contributed by atoms with Gasteiger partial charge in [-0.2, -0.15) is 9.57 Å². The summed E-state index contributed by atoms with van der Waals surface area (Å²) < 4.78 is 26.4. The van der Waals surface area contributed by atoms with Gasteiger partial charge in [-0.1, -0.05) is 37.3 Å². The van der Waals surface area contributed by atoms with E-state index in [1.807, 2.05) is 30.3 Å². The van der Waals surface area contributed by atoms with Crippen molar-refractivity contribution >= 4 is 10.0 Å². The number of sulfonamides is 1. The van der Waals surface area contributed by atoms with E-state index >= 15 is 0 Å². The van der Waals surface area contributed by atoms with Gasteiger partial charge in [-0.3, -0.25) is 0 Å². The zero-order chi connectivity index (χ0) is 16.2. The third kappa shape index (κ3) is 3.53. The first-order chi connectivity index (χ1) is 10.5. The maximum absolute atomic E-state index is 12.5. The van der Waals surface area contributed by atoms with Gasteiger partial charge in [0.15, 0.2) is 0 Å². The SMILES string of the molecule is CCc1ccc(CN(C)S(=O)(=O)c2cccc(C#N)c2)cc1. The molecule has 114 valence electrons. The zero-order valence-corrected chi connectivity index (χ0v) is 13.5. The first-order valence-electron chi connectivity index (χ1n) is 7.01. The van der Waals surface area contributed by atoms with Gasteiger partial charge in [0.1, 0.15) is 0 Å². The van der Waals surface area contributed by atoms with Crippen LogP contribution < -0.4 is 0 Å². The van der Waals surface area contributed by atoms with Crippen molar-refractivity contribution in [2.24, 2.45) is 0 Å². The molecule has 0 aliphatic carbocycles. The van der Waals surface area contributed by atoms with E-state index in [-0.39, 0.29) is 4.90 Å². The lowest BCUT2D eigenvalue weighted by molar-refractivity contribution is 0.466. The second kappa shape index (κ2) is 6.73. The van der Waals surface area contributed by atoms with Crippen molar-refractivity contribution in [3.8, 4) is 6.07 Å². The molecular formula is C17H18N2O2S. The van der Waals surface area contributed by atoms with Crippen LogP contribution in [0.4, 0.5) is 0 Å². The van der Waals surface area contributed by atoms with E-state index in [0.29, 0.717) is 12.1 Å². The van der Waals surface area contributed by atoms with Crippen LogP contribution >= 0.6 is 0 Å². The Kier molecular flexibility index (Phi) is 4.96. The Hall–Kier alpha value is -2.16. The van der Waals surface area contributed by atoms with Crippen molar-refractivity contribution in [3.05, 3.63) is 65.2 Å². The van der Waals surface area contributed by atoms with Crippen LogP contribution in [0.3, 0.4) is 0 Å². The van der Waals surface area contributed by atoms with Gasteiger partial charge in [0, 0.05) is 13.6 Å². The van der Waals surface area contributed by atoms with Crippen LogP contribution in [0.25, 0.3) is 0 Å². The van der Waals surface area contributed by atoms with Crippen molar-refractivity contribution in [2.45, 2.75) is 24.8 Å². The third-order valence-electron chi connectivity index (χ3n) is 3.51. The van der Waals surface area contributed by atoms with E-state index in [4.69, 9.17) is 5.26 Å². The van der Waals surface area contributed by atoms with Gasteiger partial charge in [-0.05, 0) is 35.7 Å². The Morgan fingerprint density at radius 2 is 1.73 bits per heavy atom. The predicted molar refractivity (Wildman–Crippen MR) is 85.6 cm³/mol. The van der Waals surface area contributed by atoms with Gasteiger partial charge in [0.2, 0.25) is 10.0 Å². The minimum atomic E-state index is -3.60. The molecule has 0 spiro atoms. The van der Waals surface area contributed by atoms with Crippen molar-refractivity contribution in [1.82, 2.24) is 4.31 Å². The molecule has 0 radical (unpaired) electrons. The van der Waals surface area contributed by atoms with E-state index in [1.54, 1.807) is 19.2 Å². The Morgan fingerprint density at radius 3 is 2.32 bits per heavy atom. The molecule has 0 saturated heterocycles. The van der Waals surface area contributed by atoms with Gasteiger partial charge in [0.25, 0.3) is 0 Å². The van der Waals surface area contributed by atoms with Gasteiger partial charge in [-0.15, -0.1) is 0 Å². The summed E-state index contributed by atoms with van der Waals surface area (Å²) in [6.07, 6.45) is 0.954. The smallest absolute Gasteiger partial charge is 0.207 e. The highest BCUT2D eigenvalue weighted by molar-refractivity contribution is 7.89. The monoisotopic (exact) mass is 314 g/mol. The third-order valence-corrected chi connectivity index (χ3v) is 5.31. The predicted octanol–water partition coefficient (Wildman–Crippen LogP) is 2.94. The summed E-state index contributed by atoms with van der Waals surface area (Å²) in [6, 6.07) is 15.9. The molecule has 0 bridgehead atoms. The molecule has 2 aromatic carbocycles. The summed E-state index contributed by atoms with van der Waals surface area (Å²) in [5, 5.41) is 8.89. The molecule has 5 heteroatoms. The molecule has 0 unspecified atom stereocenters. The second-order valence-corrected chi connectivity index (χ2v) is 7.12. The topological polar surface area (TPSA) is 61.2 Å². The maximum Gasteiger partial charge on any atom is 0.243 e. The molecular weight excluding hydrogens is 296 g/mol. The summed E-state index contributed by atoms with van der Waals surface area (Å²) in [4.78, 5) is 0.138. The highest BCUT2D eigenvalue weighted by Gasteiger charge is 2.21. The van der Waals surface area contributed by atoms with Crippen LogP contribution in [0.5, 0.6) is 0 Å². The lowest BCUT2D eigenvalue weighted by Crippen LogP contribution is -2.26. The average Bonchev–Trinajstić information content (AvgIpc) is 2.55. The molecule has 0 fully saturated rings. The summed E-state index contributed by atoms with van der Waals surface area (Å²) >= 11 is 0. The lowest BCUT2D eigenvalue weighted by Gasteiger charge is -2.17. The largest absolute Gasteiger partial charge is 0.243 e. The molecule has 0 heterocycles. The summed E-state index contributed by atoms with van der Waals surface area (Å²) in [5.74, 6) is 0. The van der Waals surface area contributed by atoms with Crippen LogP contribution in [0.2, 0.25) is 0 Å². The van der Waals surface area contributed by atoms with Crippen LogP contribution in [0.1, 0.15) is 23.6 Å². The number of rotatable bonds is 5. The van der Waals surface area contributed by atoms with Crippen LogP contribution in [-0.4, -0.2) is 19.8 Å². The normalized spacial score (nSPS) is 11.4. The number of nitriles is 1. The first-order valence-corrected chi connectivity index (χ1v) is 8.45. The quantitative estimate of drug-likeness (QED) is 0.852. The standard InChI is InChI=1S/C17H18N2O2S/c1-3-14-7-9-15(10-8-14)13-19(2)22(20,21)17-6-4-5-16(11-17)12-18/h4-11H,3,13H2,1-2H3. The van der Waals surface area contributed by atoms with Crippen molar-refractivity contribution in [2.75, 3.05) is 7.05 Å². The molecule has 0 N–H and O–H groups in total. The average molecular weight is 314 g/mol. The molecule has 2 rings (SSSR count). The van der Waals surface area contributed by atoms with Gasteiger partial charge >= 0.3 is 0 Å². The van der Waals surface area contributed by atoms with Crippen LogP contribution in [0, 0.1) is 11.3 Å². The summed E-state index contributed by atoms with van der Waals surface area (Å²) in [5.41, 5.74) is 2.48. The number of hydrogen-bond acceptors (Lipinski definition) is 3. The lowest BCUT2D eigenvalue weighted by atomic mass is 10.1. The molecule has 0 aliphatic rings. The van der Waals surface area contributed by atoms with Crippen LogP contribution in [-0.2, 0) is 23.0 Å². The molecule has 0 amide bonds. The zero-order valence-electron chi connectivity index (χ0n) is 12.7. The maximum atomic E-state index is 12.5. The Balaban J connectivity index is 2.22. The minimum absolute atomic E-state index is 0.138. The number of nitrogens with zero attached hydrogens (tertiary/aromatic N) is 2. The number of benzene rings is 2. The fourth-order valence-electron chi connectivity index (χ4n) is 2.13. The molecule has 0 saturated carbocycles. The van der Waals surface area contributed by atoms with E-state index in [1.165, 1.54) is 22.0 Å². The Labute approximate surface area is 131 Å². The van der Waals surface area contributed by atoms with Gasteiger partial charge < -0.3 is 0 Å². The van der Waals surface area contributed by atoms with E-state index in [0.717, 1.165) is 12.0 Å². The molecule has 0 atom stereocenters. The van der Waals surface area contributed by atoms with Crippen molar-refractivity contribution in [3.63, 3.8) is 0 Å². The highest BCUT2D eigenvalue weighted by Crippen LogP contribution is 2.18. The molecule has 0 aromatic heterocycles. The Morgan fingerprint density at radius 1 is 1.09 bits per heavy atom. The van der Waals surface area contributed by atoms with E-state index in [9.17, 15) is 8.42 Å². The molecule has 2 aromatic rings. The summed E-state index contributed by atoms with van der Waals surface area (Å²) in [6.45, 7) is 2.37. The number of aryl methyl sites for hydroxylation is 1. The highest BCUT2D eigenvalue weighted by atomic mass is 32.2. The first kappa shape index (κ1) is 16.2. The number of hydrogen-bond donors (Lipinski definition) is 0. The van der Waals surface area contributed by atoms with Crippen molar-refractivity contribution < 1.29 is 8.42 Å². The second-order valence-electron chi connectivity index (χ2n) is 5.07. The van der Waals surface area contributed by atoms with Gasteiger partial charge in [0.05, 0.1) is 16.5 Å². The molecule has 4 nitrogen and oxygen atoms in total. The van der Waals surface area contributed by atoms with Crippen LogP contribution in [0.15, 0.2) is 53.4 Å². The Bertz CT molecular complexity index is 790. The fourth-order valence-corrected chi connectivity index (χ4v) is 3.33. The summed E-state index contributed by atoms with van der Waals surface area (Å²) in [7, 11) is -2.06. The van der Waals surface area contributed by atoms with E-state index in [2.05, 4.69) is 6.92 Å². The molecule has 22 heavy (non-hydrogen) atoms. The van der Waals surface area contributed by atoms with Gasteiger partial charge in [-0.25, -0.2) is 8.42 Å². The van der Waals surface area contributed by atoms with E-state index < -0.39 is 10.0 Å². The fraction of sp³-hybridized carbons (Fsp3) is 0.235. The minimum Gasteiger partial charge on any atom is -0.207 e.